The molecular formula is C15H21BrN2O. The first-order chi connectivity index (χ1) is 8.97. The van der Waals surface area contributed by atoms with Gasteiger partial charge in [-0.2, -0.15) is 0 Å². The number of nitrogen functional groups attached to an aromatic ring is 1. The first-order valence-electron chi connectivity index (χ1n) is 6.82. The summed E-state index contributed by atoms with van der Waals surface area (Å²) < 4.78 is 0.941. The molecule has 0 aliphatic heterocycles. The maximum absolute atomic E-state index is 12.4. The molecule has 3 nitrogen and oxygen atoms in total. The van der Waals surface area contributed by atoms with Crippen LogP contribution in [0.2, 0.25) is 0 Å². The van der Waals surface area contributed by atoms with E-state index in [9.17, 15) is 4.79 Å². The van der Waals surface area contributed by atoms with Gasteiger partial charge in [0.15, 0.2) is 0 Å². The summed E-state index contributed by atoms with van der Waals surface area (Å²) >= 11 is 3.40. The third kappa shape index (κ3) is 3.96. The topological polar surface area (TPSA) is 46.3 Å². The highest BCUT2D eigenvalue weighted by Gasteiger charge is 2.28. The van der Waals surface area contributed by atoms with Crippen LogP contribution in [0.25, 0.3) is 0 Å². The van der Waals surface area contributed by atoms with Crippen molar-refractivity contribution in [2.24, 2.45) is 11.8 Å². The molecule has 1 fully saturated rings. The Morgan fingerprint density at radius 2 is 2.16 bits per heavy atom. The van der Waals surface area contributed by atoms with Crippen LogP contribution in [-0.2, 0) is 4.79 Å². The van der Waals surface area contributed by atoms with Crippen LogP contribution in [0.3, 0.4) is 0 Å². The number of carbonyl (C=O) groups is 1. The standard InChI is InChI=1S/C15H21BrN2O/c1-10(2)7-15(19)18(9-11-3-4-11)14-6-5-12(16)8-13(14)17/h5-6,8,10-11H,3-4,7,9,17H2,1-2H3. The molecule has 19 heavy (non-hydrogen) atoms. The SMILES string of the molecule is CC(C)CC(=O)N(CC1CC1)c1ccc(Br)cc1N. The summed E-state index contributed by atoms with van der Waals surface area (Å²) in [5, 5.41) is 0. The minimum atomic E-state index is 0.177. The van der Waals surface area contributed by atoms with E-state index in [4.69, 9.17) is 5.73 Å². The van der Waals surface area contributed by atoms with Crippen molar-refractivity contribution in [1.29, 1.82) is 0 Å². The molecule has 1 aromatic carbocycles. The van der Waals surface area contributed by atoms with Gasteiger partial charge in [0.1, 0.15) is 0 Å². The molecule has 1 aliphatic rings. The van der Waals surface area contributed by atoms with E-state index in [1.807, 2.05) is 23.1 Å². The molecule has 1 saturated carbocycles. The monoisotopic (exact) mass is 324 g/mol. The largest absolute Gasteiger partial charge is 0.397 e. The minimum Gasteiger partial charge on any atom is -0.397 e. The molecule has 2 N–H and O–H groups in total. The molecule has 0 radical (unpaired) electrons. The Hall–Kier alpha value is -1.03. The van der Waals surface area contributed by atoms with Gasteiger partial charge in [0.25, 0.3) is 0 Å². The summed E-state index contributed by atoms with van der Waals surface area (Å²) in [6, 6.07) is 5.73. The highest BCUT2D eigenvalue weighted by Crippen LogP contribution is 2.34. The Morgan fingerprint density at radius 1 is 1.47 bits per heavy atom. The Bertz CT molecular complexity index is 469. The van der Waals surface area contributed by atoms with E-state index in [1.165, 1.54) is 12.8 Å². The molecule has 0 heterocycles. The predicted molar refractivity (Wildman–Crippen MR) is 83.1 cm³/mol. The fraction of sp³-hybridized carbons (Fsp3) is 0.533. The third-order valence-electron chi connectivity index (χ3n) is 3.30. The van der Waals surface area contributed by atoms with E-state index in [1.54, 1.807) is 0 Å². The number of nitrogens with two attached hydrogens (primary N) is 1. The molecule has 1 aromatic rings. The van der Waals surface area contributed by atoms with Gasteiger partial charge in [0.2, 0.25) is 5.91 Å². The van der Waals surface area contributed by atoms with E-state index < -0.39 is 0 Å². The second kappa shape index (κ2) is 5.95. The molecule has 4 heteroatoms. The lowest BCUT2D eigenvalue weighted by Crippen LogP contribution is -2.34. The van der Waals surface area contributed by atoms with Gasteiger partial charge in [-0.25, -0.2) is 0 Å². The number of anilines is 2. The van der Waals surface area contributed by atoms with Crippen molar-refractivity contribution in [2.75, 3.05) is 17.2 Å². The number of hydrogen-bond acceptors (Lipinski definition) is 2. The molecule has 0 atom stereocenters. The lowest BCUT2D eigenvalue weighted by atomic mass is 10.1. The van der Waals surface area contributed by atoms with Crippen LogP contribution >= 0.6 is 15.9 Å². The summed E-state index contributed by atoms with van der Waals surface area (Å²) in [6.07, 6.45) is 3.02. The molecule has 0 bridgehead atoms. The number of rotatable bonds is 5. The third-order valence-corrected chi connectivity index (χ3v) is 3.80. The number of halogens is 1. The average molecular weight is 325 g/mol. The van der Waals surface area contributed by atoms with Gasteiger partial charge in [-0.3, -0.25) is 4.79 Å². The molecule has 0 unspecified atom stereocenters. The smallest absolute Gasteiger partial charge is 0.227 e. The molecule has 2 rings (SSSR count). The summed E-state index contributed by atoms with van der Waals surface area (Å²) in [5.74, 6) is 1.20. The van der Waals surface area contributed by atoms with Crippen LogP contribution in [0, 0.1) is 11.8 Å². The normalized spacial score (nSPS) is 14.7. The van der Waals surface area contributed by atoms with E-state index in [0.717, 1.165) is 16.7 Å². The molecule has 0 spiro atoms. The average Bonchev–Trinajstić information content (AvgIpc) is 3.09. The maximum Gasteiger partial charge on any atom is 0.227 e. The van der Waals surface area contributed by atoms with Gasteiger partial charge in [-0.05, 0) is 42.9 Å². The molecule has 104 valence electrons. The number of hydrogen-bond donors (Lipinski definition) is 1. The zero-order valence-electron chi connectivity index (χ0n) is 11.5. The number of amides is 1. The highest BCUT2D eigenvalue weighted by molar-refractivity contribution is 9.10. The first kappa shape index (κ1) is 14.4. The first-order valence-corrected chi connectivity index (χ1v) is 7.62. The number of nitrogens with zero attached hydrogens (tertiary/aromatic N) is 1. The quantitative estimate of drug-likeness (QED) is 0.837. The van der Waals surface area contributed by atoms with Crippen LogP contribution in [0.15, 0.2) is 22.7 Å². The van der Waals surface area contributed by atoms with Crippen molar-refractivity contribution in [3.8, 4) is 0 Å². The van der Waals surface area contributed by atoms with Gasteiger partial charge in [-0.15, -0.1) is 0 Å². The van der Waals surface area contributed by atoms with Crippen LogP contribution in [0.5, 0.6) is 0 Å². The van der Waals surface area contributed by atoms with Crippen LogP contribution in [0.1, 0.15) is 33.1 Å². The van der Waals surface area contributed by atoms with Crippen LogP contribution in [0.4, 0.5) is 11.4 Å². The molecule has 1 aliphatic carbocycles. The van der Waals surface area contributed by atoms with E-state index in [-0.39, 0.29) is 5.91 Å². The van der Waals surface area contributed by atoms with Crippen molar-refractivity contribution in [1.82, 2.24) is 0 Å². The zero-order chi connectivity index (χ0) is 14.0. The lowest BCUT2D eigenvalue weighted by molar-refractivity contribution is -0.119. The van der Waals surface area contributed by atoms with Gasteiger partial charge < -0.3 is 10.6 Å². The van der Waals surface area contributed by atoms with Crippen molar-refractivity contribution >= 4 is 33.2 Å². The second-order valence-corrected chi connectivity index (χ2v) is 6.66. The highest BCUT2D eigenvalue weighted by atomic mass is 79.9. The van der Waals surface area contributed by atoms with Gasteiger partial charge in [0, 0.05) is 17.4 Å². The Kier molecular flexibility index (Phi) is 4.50. The van der Waals surface area contributed by atoms with E-state index >= 15 is 0 Å². The second-order valence-electron chi connectivity index (χ2n) is 5.75. The van der Waals surface area contributed by atoms with Crippen molar-refractivity contribution in [3.05, 3.63) is 22.7 Å². The lowest BCUT2D eigenvalue weighted by Gasteiger charge is -2.25. The van der Waals surface area contributed by atoms with Gasteiger partial charge in [0.05, 0.1) is 11.4 Å². The molecule has 1 amide bonds. The van der Waals surface area contributed by atoms with E-state index in [0.29, 0.717) is 23.9 Å². The van der Waals surface area contributed by atoms with Gasteiger partial charge in [-0.1, -0.05) is 29.8 Å². The fourth-order valence-electron chi connectivity index (χ4n) is 2.12. The zero-order valence-corrected chi connectivity index (χ0v) is 13.1. The maximum atomic E-state index is 12.4. The molecule has 0 aromatic heterocycles. The number of benzene rings is 1. The predicted octanol–water partition coefficient (Wildman–Crippen LogP) is 3.82. The summed E-state index contributed by atoms with van der Waals surface area (Å²) in [5.41, 5.74) is 7.57. The fourth-order valence-corrected chi connectivity index (χ4v) is 2.50. The summed E-state index contributed by atoms with van der Waals surface area (Å²) in [7, 11) is 0. The summed E-state index contributed by atoms with van der Waals surface area (Å²) in [6.45, 7) is 4.94. The van der Waals surface area contributed by atoms with Crippen molar-refractivity contribution in [3.63, 3.8) is 0 Å². The summed E-state index contributed by atoms with van der Waals surface area (Å²) in [4.78, 5) is 14.3. The Morgan fingerprint density at radius 3 is 2.68 bits per heavy atom. The van der Waals surface area contributed by atoms with Crippen molar-refractivity contribution < 1.29 is 4.79 Å². The van der Waals surface area contributed by atoms with Crippen LogP contribution < -0.4 is 10.6 Å². The Labute approximate surface area is 123 Å². The van der Waals surface area contributed by atoms with E-state index in [2.05, 4.69) is 29.8 Å². The van der Waals surface area contributed by atoms with Crippen LogP contribution in [-0.4, -0.2) is 12.5 Å². The van der Waals surface area contributed by atoms with Crippen molar-refractivity contribution in [2.45, 2.75) is 33.1 Å². The number of carbonyl (C=O) groups excluding carboxylic acids is 1. The minimum absolute atomic E-state index is 0.177. The molecular weight excluding hydrogens is 304 g/mol. The van der Waals surface area contributed by atoms with Gasteiger partial charge >= 0.3 is 0 Å². The Balaban J connectivity index is 2.22. The molecule has 0 saturated heterocycles.